The molecule has 1 aromatic rings. The topological polar surface area (TPSA) is 50.2 Å². The van der Waals surface area contributed by atoms with Crippen LogP contribution in [0.25, 0.3) is 0 Å². The molecule has 0 radical (unpaired) electrons. The quantitative estimate of drug-likeness (QED) is 0.796. The number of likely N-dealkylation sites (N-methyl/N-ethyl adjacent to an activating group) is 2. The first kappa shape index (κ1) is 13.7. The Kier molecular flexibility index (Phi) is 5.15. The number of hydrogen-bond donors (Lipinski definition) is 1. The standard InChI is InChI=1S/C12H22N4O/c1-5-10-9-11(16(6-2)14-10)12(17)15(4)8-7-13-3/h9,13H,5-8H2,1-4H3. The fourth-order valence-corrected chi connectivity index (χ4v) is 1.63. The minimum absolute atomic E-state index is 0.0364. The van der Waals surface area contributed by atoms with E-state index < -0.39 is 0 Å². The highest BCUT2D eigenvalue weighted by atomic mass is 16.2. The molecule has 0 atom stereocenters. The normalized spacial score (nSPS) is 10.6. The molecule has 0 aromatic carbocycles. The molecule has 1 rings (SSSR count). The maximum absolute atomic E-state index is 12.2. The Hall–Kier alpha value is -1.36. The average Bonchev–Trinajstić information content (AvgIpc) is 2.78. The van der Waals surface area contributed by atoms with E-state index in [1.54, 1.807) is 9.58 Å². The van der Waals surface area contributed by atoms with Gasteiger partial charge < -0.3 is 10.2 Å². The number of nitrogens with one attached hydrogen (secondary N) is 1. The van der Waals surface area contributed by atoms with E-state index in [4.69, 9.17) is 0 Å². The number of nitrogens with zero attached hydrogens (tertiary/aromatic N) is 3. The molecule has 0 aliphatic rings. The predicted octanol–water partition coefficient (Wildman–Crippen LogP) is 0.757. The highest BCUT2D eigenvalue weighted by Gasteiger charge is 2.17. The van der Waals surface area contributed by atoms with Crippen molar-refractivity contribution in [2.45, 2.75) is 26.8 Å². The predicted molar refractivity (Wildman–Crippen MR) is 68.2 cm³/mol. The lowest BCUT2D eigenvalue weighted by Gasteiger charge is -2.17. The second-order valence-corrected chi connectivity index (χ2v) is 4.02. The third-order valence-electron chi connectivity index (χ3n) is 2.76. The second kappa shape index (κ2) is 6.39. The van der Waals surface area contributed by atoms with Crippen LogP contribution in [0.4, 0.5) is 0 Å². The van der Waals surface area contributed by atoms with Crippen molar-refractivity contribution in [2.75, 3.05) is 27.2 Å². The van der Waals surface area contributed by atoms with Gasteiger partial charge in [0.05, 0.1) is 5.69 Å². The molecule has 1 N–H and O–H groups in total. The number of hydrogen-bond acceptors (Lipinski definition) is 3. The summed E-state index contributed by atoms with van der Waals surface area (Å²) in [6.45, 7) is 6.26. The minimum Gasteiger partial charge on any atom is -0.339 e. The van der Waals surface area contributed by atoms with Gasteiger partial charge in [0.1, 0.15) is 5.69 Å². The largest absolute Gasteiger partial charge is 0.339 e. The van der Waals surface area contributed by atoms with Crippen LogP contribution >= 0.6 is 0 Å². The summed E-state index contributed by atoms with van der Waals surface area (Å²) in [5.41, 5.74) is 1.65. The first-order chi connectivity index (χ1) is 8.13. The summed E-state index contributed by atoms with van der Waals surface area (Å²) in [5.74, 6) is 0.0364. The summed E-state index contributed by atoms with van der Waals surface area (Å²) < 4.78 is 1.77. The molecule has 96 valence electrons. The van der Waals surface area contributed by atoms with Gasteiger partial charge in [-0.3, -0.25) is 9.48 Å². The van der Waals surface area contributed by atoms with E-state index in [0.717, 1.165) is 25.2 Å². The van der Waals surface area contributed by atoms with Crippen LogP contribution in [-0.4, -0.2) is 47.8 Å². The van der Waals surface area contributed by atoms with Crippen molar-refractivity contribution in [3.8, 4) is 0 Å². The third-order valence-corrected chi connectivity index (χ3v) is 2.76. The number of rotatable bonds is 6. The van der Waals surface area contributed by atoms with Crippen molar-refractivity contribution in [3.05, 3.63) is 17.5 Å². The second-order valence-electron chi connectivity index (χ2n) is 4.02. The smallest absolute Gasteiger partial charge is 0.271 e. The molecule has 1 heterocycles. The number of carbonyl (C=O) groups is 1. The summed E-state index contributed by atoms with van der Waals surface area (Å²) in [5, 5.41) is 7.42. The van der Waals surface area contributed by atoms with E-state index in [-0.39, 0.29) is 5.91 Å². The van der Waals surface area contributed by atoms with Crippen LogP contribution in [0.2, 0.25) is 0 Å². The Labute approximate surface area is 103 Å². The molecular weight excluding hydrogens is 216 g/mol. The monoisotopic (exact) mass is 238 g/mol. The van der Waals surface area contributed by atoms with Gasteiger partial charge >= 0.3 is 0 Å². The van der Waals surface area contributed by atoms with E-state index in [2.05, 4.69) is 10.4 Å². The van der Waals surface area contributed by atoms with Crippen LogP contribution < -0.4 is 5.32 Å². The molecule has 5 nitrogen and oxygen atoms in total. The lowest BCUT2D eigenvalue weighted by atomic mass is 10.3. The van der Waals surface area contributed by atoms with Gasteiger partial charge in [-0.2, -0.15) is 5.10 Å². The summed E-state index contributed by atoms with van der Waals surface area (Å²) in [7, 11) is 3.70. The van der Waals surface area contributed by atoms with Crippen molar-refractivity contribution >= 4 is 5.91 Å². The number of aromatic nitrogens is 2. The van der Waals surface area contributed by atoms with E-state index in [1.807, 2.05) is 34.0 Å². The van der Waals surface area contributed by atoms with E-state index in [1.165, 1.54) is 0 Å². The van der Waals surface area contributed by atoms with Gasteiger partial charge in [0.25, 0.3) is 5.91 Å². The SMILES string of the molecule is CCc1cc(C(=O)N(C)CCNC)n(CC)n1. The fraction of sp³-hybridized carbons (Fsp3) is 0.667. The molecule has 0 saturated heterocycles. The van der Waals surface area contributed by atoms with Crippen LogP contribution in [-0.2, 0) is 13.0 Å². The van der Waals surface area contributed by atoms with E-state index in [9.17, 15) is 4.79 Å². The van der Waals surface area contributed by atoms with Crippen molar-refractivity contribution in [3.63, 3.8) is 0 Å². The van der Waals surface area contributed by atoms with Crippen molar-refractivity contribution in [2.24, 2.45) is 0 Å². The lowest BCUT2D eigenvalue weighted by Crippen LogP contribution is -2.34. The van der Waals surface area contributed by atoms with Gasteiger partial charge in [0.2, 0.25) is 0 Å². The van der Waals surface area contributed by atoms with E-state index in [0.29, 0.717) is 12.2 Å². The molecule has 0 unspecified atom stereocenters. The van der Waals surface area contributed by atoms with Crippen LogP contribution in [0.15, 0.2) is 6.07 Å². The molecule has 17 heavy (non-hydrogen) atoms. The maximum atomic E-state index is 12.2. The first-order valence-electron chi connectivity index (χ1n) is 6.10. The zero-order valence-corrected chi connectivity index (χ0v) is 11.2. The van der Waals surface area contributed by atoms with Crippen molar-refractivity contribution < 1.29 is 4.79 Å². The Morgan fingerprint density at radius 3 is 2.76 bits per heavy atom. The highest BCUT2D eigenvalue weighted by molar-refractivity contribution is 5.92. The molecule has 0 fully saturated rings. The molecule has 0 saturated carbocycles. The van der Waals surface area contributed by atoms with Crippen molar-refractivity contribution in [1.82, 2.24) is 20.0 Å². The molecule has 0 aliphatic heterocycles. The maximum Gasteiger partial charge on any atom is 0.271 e. The molecular formula is C12H22N4O. The van der Waals surface area contributed by atoms with Crippen LogP contribution in [0.5, 0.6) is 0 Å². The lowest BCUT2D eigenvalue weighted by molar-refractivity contribution is 0.0784. The summed E-state index contributed by atoms with van der Waals surface area (Å²) in [6, 6.07) is 1.89. The number of amides is 1. The summed E-state index contributed by atoms with van der Waals surface area (Å²) in [6.07, 6.45) is 0.855. The number of carbonyl (C=O) groups excluding carboxylic acids is 1. The molecule has 0 spiro atoms. The molecule has 0 aliphatic carbocycles. The van der Waals surface area contributed by atoms with Gasteiger partial charge in [-0.25, -0.2) is 0 Å². The summed E-state index contributed by atoms with van der Waals surface area (Å²) >= 11 is 0. The van der Waals surface area contributed by atoms with Gasteiger partial charge in [-0.05, 0) is 26.5 Å². The van der Waals surface area contributed by atoms with E-state index >= 15 is 0 Å². The molecule has 1 amide bonds. The first-order valence-corrected chi connectivity index (χ1v) is 6.10. The van der Waals surface area contributed by atoms with Crippen LogP contribution in [0.1, 0.15) is 30.0 Å². The summed E-state index contributed by atoms with van der Waals surface area (Å²) in [4.78, 5) is 13.9. The average molecular weight is 238 g/mol. The molecule has 0 bridgehead atoms. The third kappa shape index (κ3) is 3.30. The Bertz CT molecular complexity index is 373. The van der Waals surface area contributed by atoms with Crippen LogP contribution in [0, 0.1) is 0 Å². The molecule has 1 aromatic heterocycles. The highest BCUT2D eigenvalue weighted by Crippen LogP contribution is 2.08. The Morgan fingerprint density at radius 1 is 1.53 bits per heavy atom. The van der Waals surface area contributed by atoms with Crippen LogP contribution in [0.3, 0.4) is 0 Å². The Balaban J connectivity index is 2.83. The van der Waals surface area contributed by atoms with Gasteiger partial charge in [0, 0.05) is 26.7 Å². The number of aryl methyl sites for hydroxylation is 2. The van der Waals surface area contributed by atoms with Crippen molar-refractivity contribution in [1.29, 1.82) is 0 Å². The van der Waals surface area contributed by atoms with Gasteiger partial charge in [-0.15, -0.1) is 0 Å². The Morgan fingerprint density at radius 2 is 2.24 bits per heavy atom. The van der Waals surface area contributed by atoms with Gasteiger partial charge in [0.15, 0.2) is 0 Å². The molecule has 5 heteroatoms. The zero-order valence-electron chi connectivity index (χ0n) is 11.2. The van der Waals surface area contributed by atoms with Gasteiger partial charge in [-0.1, -0.05) is 6.92 Å². The zero-order chi connectivity index (χ0) is 12.8. The minimum atomic E-state index is 0.0364. The fourth-order valence-electron chi connectivity index (χ4n) is 1.63.